The second-order valence-corrected chi connectivity index (χ2v) is 12.6. The van der Waals surface area contributed by atoms with Crippen molar-refractivity contribution in [3.8, 4) is 11.4 Å². The first-order chi connectivity index (χ1) is 10.8. The van der Waals surface area contributed by atoms with Gasteiger partial charge in [0.25, 0.3) is 0 Å². The predicted molar refractivity (Wildman–Crippen MR) is 92.4 cm³/mol. The van der Waals surface area contributed by atoms with Gasteiger partial charge in [-0.15, -0.1) is 0 Å². The second-order valence-electron chi connectivity index (χ2n) is 6.98. The van der Waals surface area contributed by atoms with Crippen molar-refractivity contribution in [3.05, 3.63) is 42.0 Å². The van der Waals surface area contributed by atoms with Crippen LogP contribution in [-0.4, -0.2) is 29.3 Å². The van der Waals surface area contributed by atoms with Gasteiger partial charge in [-0.3, -0.25) is 0 Å². The van der Waals surface area contributed by atoms with Crippen LogP contribution in [-0.2, 0) is 11.5 Å². The van der Waals surface area contributed by atoms with Crippen LogP contribution in [0.25, 0.3) is 11.4 Å². The zero-order chi connectivity index (χ0) is 17.0. The van der Waals surface area contributed by atoms with Gasteiger partial charge in [-0.25, -0.2) is 9.37 Å². The first-order valence-electron chi connectivity index (χ1n) is 7.85. The van der Waals surface area contributed by atoms with Gasteiger partial charge in [-0.05, 0) is 36.7 Å². The number of nitrogens with zero attached hydrogens (tertiary/aromatic N) is 2. The van der Waals surface area contributed by atoms with Crippen molar-refractivity contribution in [1.82, 2.24) is 9.55 Å². The first kappa shape index (κ1) is 17.8. The minimum absolute atomic E-state index is 0.367. The summed E-state index contributed by atoms with van der Waals surface area (Å²) in [6.45, 7) is 9.68. The summed E-state index contributed by atoms with van der Waals surface area (Å²) in [5, 5.41) is 9.89. The maximum absolute atomic E-state index is 13.5. The van der Waals surface area contributed by atoms with Crippen LogP contribution in [0.15, 0.2) is 30.6 Å². The van der Waals surface area contributed by atoms with Crippen molar-refractivity contribution in [2.45, 2.75) is 45.4 Å². The molecule has 0 spiro atoms. The Bertz CT molecular complexity index is 650. The van der Waals surface area contributed by atoms with Crippen LogP contribution in [0.2, 0.25) is 25.7 Å². The zero-order valence-electron chi connectivity index (χ0n) is 14.2. The summed E-state index contributed by atoms with van der Waals surface area (Å²) < 4.78 is 21.1. The molecule has 2 aromatic rings. The number of aliphatic hydroxyl groups excluding tert-OH is 1. The molecule has 1 atom stereocenters. The lowest BCUT2D eigenvalue weighted by atomic mass is 10.0. The van der Waals surface area contributed by atoms with Gasteiger partial charge in [0.1, 0.15) is 18.4 Å². The van der Waals surface area contributed by atoms with Gasteiger partial charge in [-0.2, -0.15) is 0 Å². The summed E-state index contributed by atoms with van der Waals surface area (Å²) in [6.07, 6.45) is 2.75. The third-order valence-corrected chi connectivity index (χ3v) is 5.35. The number of benzene rings is 1. The minimum Gasteiger partial charge on any atom is -0.389 e. The Kier molecular flexibility index (Phi) is 5.72. The highest BCUT2D eigenvalue weighted by Crippen LogP contribution is 2.28. The maximum Gasteiger partial charge on any atom is 0.142 e. The molecule has 0 saturated carbocycles. The van der Waals surface area contributed by atoms with Crippen LogP contribution in [0.3, 0.4) is 0 Å². The third-order valence-electron chi connectivity index (χ3n) is 3.65. The average molecular weight is 336 g/mol. The van der Waals surface area contributed by atoms with E-state index in [0.717, 1.165) is 18.2 Å². The number of rotatable bonds is 7. The van der Waals surface area contributed by atoms with E-state index >= 15 is 0 Å². The van der Waals surface area contributed by atoms with E-state index in [2.05, 4.69) is 24.6 Å². The van der Waals surface area contributed by atoms with Crippen LogP contribution in [0.5, 0.6) is 0 Å². The van der Waals surface area contributed by atoms with Gasteiger partial charge in [0.15, 0.2) is 0 Å². The molecule has 0 aliphatic carbocycles. The van der Waals surface area contributed by atoms with Gasteiger partial charge in [0, 0.05) is 32.6 Å². The van der Waals surface area contributed by atoms with E-state index < -0.39 is 14.2 Å². The van der Waals surface area contributed by atoms with Crippen molar-refractivity contribution in [1.29, 1.82) is 0 Å². The first-order valence-corrected chi connectivity index (χ1v) is 11.6. The molecule has 1 aromatic heterocycles. The number of hydrogen-bond donors (Lipinski definition) is 1. The number of halogens is 1. The summed E-state index contributed by atoms with van der Waals surface area (Å²) in [5.41, 5.74) is 1.25. The van der Waals surface area contributed by atoms with Gasteiger partial charge in [0.05, 0.1) is 6.10 Å². The second kappa shape index (κ2) is 7.38. The molecule has 0 amide bonds. The van der Waals surface area contributed by atoms with Crippen LogP contribution < -0.4 is 0 Å². The molecule has 0 radical (unpaired) electrons. The lowest BCUT2D eigenvalue weighted by Gasteiger charge is -2.17. The number of aromatic nitrogens is 2. The molecule has 23 heavy (non-hydrogen) atoms. The standard InChI is InChI=1S/C17H25FN2O2Si/c1-13(21)16-11-14(18)5-6-15(16)17-19-7-8-20(17)12-22-9-10-23(2,3)4/h5-8,11,13,21H,9-10,12H2,1-4H3/t13-/m1/s1. The number of aliphatic hydroxyl groups is 1. The Balaban J connectivity index is 2.15. The Hall–Kier alpha value is -1.50. The molecule has 0 saturated heterocycles. The Morgan fingerprint density at radius 3 is 2.74 bits per heavy atom. The number of ether oxygens (including phenoxy) is 1. The topological polar surface area (TPSA) is 47.3 Å². The molecule has 126 valence electrons. The van der Waals surface area contributed by atoms with E-state index in [-0.39, 0.29) is 5.82 Å². The van der Waals surface area contributed by atoms with E-state index in [0.29, 0.717) is 18.1 Å². The molecule has 2 rings (SSSR count). The smallest absolute Gasteiger partial charge is 0.142 e. The fourth-order valence-electron chi connectivity index (χ4n) is 2.28. The van der Waals surface area contributed by atoms with E-state index in [1.165, 1.54) is 12.1 Å². The minimum atomic E-state index is -1.11. The summed E-state index contributed by atoms with van der Waals surface area (Å²) in [4.78, 5) is 4.34. The summed E-state index contributed by atoms with van der Waals surface area (Å²) in [5.74, 6) is 0.308. The van der Waals surface area contributed by atoms with E-state index in [4.69, 9.17) is 4.74 Å². The predicted octanol–water partition coefficient (Wildman–Crippen LogP) is 4.05. The van der Waals surface area contributed by atoms with Crippen LogP contribution in [0.1, 0.15) is 18.6 Å². The molecule has 0 aliphatic rings. The quantitative estimate of drug-likeness (QED) is 0.613. The average Bonchev–Trinajstić information content (AvgIpc) is 2.90. The largest absolute Gasteiger partial charge is 0.389 e. The normalized spacial score (nSPS) is 13.3. The van der Waals surface area contributed by atoms with Crippen LogP contribution in [0.4, 0.5) is 4.39 Å². The Labute approximate surface area is 138 Å². The molecular weight excluding hydrogens is 311 g/mol. The molecule has 0 unspecified atom stereocenters. The molecule has 0 bridgehead atoms. The highest BCUT2D eigenvalue weighted by atomic mass is 28.3. The van der Waals surface area contributed by atoms with E-state index in [1.807, 2.05) is 10.8 Å². The highest BCUT2D eigenvalue weighted by molar-refractivity contribution is 6.76. The summed E-state index contributed by atoms with van der Waals surface area (Å²) in [7, 11) is -1.11. The monoisotopic (exact) mass is 336 g/mol. The Morgan fingerprint density at radius 2 is 2.09 bits per heavy atom. The lowest BCUT2D eigenvalue weighted by Crippen LogP contribution is -2.22. The molecule has 0 fully saturated rings. The highest BCUT2D eigenvalue weighted by Gasteiger charge is 2.16. The summed E-state index contributed by atoms with van der Waals surface area (Å²) in [6, 6.07) is 5.49. The van der Waals surface area contributed by atoms with Crippen LogP contribution >= 0.6 is 0 Å². The zero-order valence-corrected chi connectivity index (χ0v) is 15.2. The molecule has 1 heterocycles. The van der Waals surface area contributed by atoms with E-state index in [9.17, 15) is 9.50 Å². The van der Waals surface area contributed by atoms with Crippen molar-refractivity contribution in [3.63, 3.8) is 0 Å². The van der Waals surface area contributed by atoms with E-state index in [1.54, 1.807) is 19.2 Å². The van der Waals surface area contributed by atoms with Crippen molar-refractivity contribution in [2.75, 3.05) is 6.61 Å². The molecular formula is C17H25FN2O2Si. The van der Waals surface area contributed by atoms with Gasteiger partial charge in [-0.1, -0.05) is 19.6 Å². The molecule has 1 N–H and O–H groups in total. The molecule has 6 heteroatoms. The van der Waals surface area contributed by atoms with Gasteiger partial charge < -0.3 is 14.4 Å². The maximum atomic E-state index is 13.5. The van der Waals surface area contributed by atoms with Gasteiger partial charge >= 0.3 is 0 Å². The number of hydrogen-bond acceptors (Lipinski definition) is 3. The van der Waals surface area contributed by atoms with Crippen molar-refractivity contribution < 1.29 is 14.2 Å². The summed E-state index contributed by atoms with van der Waals surface area (Å²) >= 11 is 0. The molecule has 1 aromatic carbocycles. The molecule has 0 aliphatic heterocycles. The lowest BCUT2D eigenvalue weighted by molar-refractivity contribution is 0.0882. The SMILES string of the molecule is C[C@@H](O)c1cc(F)ccc1-c1nccn1COCC[Si](C)(C)C. The number of imidazole rings is 1. The Morgan fingerprint density at radius 1 is 1.35 bits per heavy atom. The van der Waals surface area contributed by atoms with Crippen LogP contribution in [0, 0.1) is 5.82 Å². The van der Waals surface area contributed by atoms with Crippen molar-refractivity contribution >= 4 is 8.07 Å². The third kappa shape index (κ3) is 4.99. The van der Waals surface area contributed by atoms with Gasteiger partial charge in [0.2, 0.25) is 0 Å². The van der Waals surface area contributed by atoms with Crippen molar-refractivity contribution in [2.24, 2.45) is 0 Å². The molecule has 4 nitrogen and oxygen atoms in total. The fraction of sp³-hybridized carbons (Fsp3) is 0.471. The fourth-order valence-corrected chi connectivity index (χ4v) is 3.04.